The van der Waals surface area contributed by atoms with Gasteiger partial charge in [-0.3, -0.25) is 9.69 Å². The molecule has 0 radical (unpaired) electrons. The summed E-state index contributed by atoms with van der Waals surface area (Å²) >= 11 is 0. The predicted octanol–water partition coefficient (Wildman–Crippen LogP) is 7.57. The molecule has 0 spiro atoms. The van der Waals surface area contributed by atoms with Crippen LogP contribution in [0.1, 0.15) is 76.2 Å². The van der Waals surface area contributed by atoms with E-state index in [-0.39, 0.29) is 23.2 Å². The number of piperazine rings is 1. The first kappa shape index (κ1) is 35.8. The number of carbonyl (C=O) groups is 1. The van der Waals surface area contributed by atoms with E-state index in [0.29, 0.717) is 57.2 Å². The third kappa shape index (κ3) is 9.99. The summed E-state index contributed by atoms with van der Waals surface area (Å²) < 4.78 is 22.4. The number of aliphatic hydroxyl groups is 1. The summed E-state index contributed by atoms with van der Waals surface area (Å²) in [5.41, 5.74) is 3.65. The lowest BCUT2D eigenvalue weighted by atomic mass is 9.78. The molecule has 2 aliphatic rings. The number of fused-ring (bicyclic) bond motifs is 1. The molecule has 47 heavy (non-hydrogen) atoms. The predicted molar refractivity (Wildman–Crippen MR) is 187 cm³/mol. The number of aromatic nitrogens is 2. The minimum absolute atomic E-state index is 0.0697. The number of rotatable bonds is 13. The number of aliphatic hydroxyl groups excluding tert-OH is 1. The summed E-state index contributed by atoms with van der Waals surface area (Å²) in [6.45, 7) is 19.2. The number of imidazole rings is 1. The van der Waals surface area contributed by atoms with Gasteiger partial charge in [-0.05, 0) is 67.4 Å². The summed E-state index contributed by atoms with van der Waals surface area (Å²) in [6.07, 6.45) is 14.5. The van der Waals surface area contributed by atoms with Crippen molar-refractivity contribution in [1.82, 2.24) is 19.4 Å². The van der Waals surface area contributed by atoms with E-state index in [1.807, 2.05) is 66.6 Å². The largest absolute Gasteiger partial charge is 0.490 e. The number of ether oxygens (including phenoxy) is 1. The Balaban J connectivity index is 1.42. The van der Waals surface area contributed by atoms with Crippen LogP contribution in [0.25, 0.3) is 0 Å². The van der Waals surface area contributed by atoms with Gasteiger partial charge in [-0.1, -0.05) is 81.6 Å². The first-order valence-corrected chi connectivity index (χ1v) is 16.6. The second-order valence-corrected chi connectivity index (χ2v) is 13.2. The van der Waals surface area contributed by atoms with Gasteiger partial charge in [0.2, 0.25) is 5.91 Å². The Bertz CT molecular complexity index is 1520. The number of hydrogen-bond donors (Lipinski definition) is 1. The summed E-state index contributed by atoms with van der Waals surface area (Å²) in [7, 11) is 0. The average Bonchev–Trinajstić information content (AvgIpc) is 3.46. The summed E-state index contributed by atoms with van der Waals surface area (Å²) in [5.74, 6) is 0.904. The van der Waals surface area contributed by atoms with Crippen molar-refractivity contribution in [2.75, 3.05) is 32.7 Å². The third-order valence-electron chi connectivity index (χ3n) is 9.00. The maximum absolute atomic E-state index is 14.5. The van der Waals surface area contributed by atoms with E-state index in [4.69, 9.17) is 4.74 Å². The number of hydrogen-bond acceptors (Lipinski definition) is 5. The van der Waals surface area contributed by atoms with Gasteiger partial charge in [0.15, 0.2) is 0 Å². The molecule has 2 aromatic rings. The van der Waals surface area contributed by atoms with E-state index in [1.54, 1.807) is 13.0 Å². The standard InChI is InChI=1S/C39H51FN4O3/c1-7-13-31(22-29(4)47-28-30-14-11-10-12-15-30)26-43-21-20-42(27-37(43)46)19-17-34-25-41-38-36(45)24-39(5,6)18-16-35(44(34)38)32(8-2)23-33(40)9-3/h7-15,22-23,25,35-36,45H,2,4,16-21,24,26-28H2,1,3,5-6H3/b13-7-,31-22+,32-23+,33-9+. The van der Waals surface area contributed by atoms with Gasteiger partial charge in [-0.2, -0.15) is 0 Å². The van der Waals surface area contributed by atoms with Crippen molar-refractivity contribution in [2.24, 2.45) is 5.41 Å². The molecule has 0 saturated carbocycles. The van der Waals surface area contributed by atoms with Crippen LogP contribution in [0, 0.1) is 5.41 Å². The molecule has 0 aliphatic carbocycles. The van der Waals surface area contributed by atoms with Crippen molar-refractivity contribution in [3.8, 4) is 0 Å². The lowest BCUT2D eigenvalue weighted by Crippen LogP contribution is -2.51. The normalized spacial score (nSPS) is 21.4. The highest BCUT2D eigenvalue weighted by Gasteiger charge is 2.34. The molecule has 1 saturated heterocycles. The molecule has 1 N–H and O–H groups in total. The monoisotopic (exact) mass is 642 g/mol. The fraction of sp³-hybridized carbons (Fsp3) is 0.436. The maximum Gasteiger partial charge on any atom is 0.237 e. The Hall–Kier alpha value is -4.01. The molecule has 2 aliphatic heterocycles. The van der Waals surface area contributed by atoms with Gasteiger partial charge in [0.05, 0.1) is 12.6 Å². The van der Waals surface area contributed by atoms with E-state index in [9.17, 15) is 14.3 Å². The highest BCUT2D eigenvalue weighted by molar-refractivity contribution is 5.79. The first-order chi connectivity index (χ1) is 22.5. The van der Waals surface area contributed by atoms with Crippen LogP contribution < -0.4 is 0 Å². The van der Waals surface area contributed by atoms with Crippen molar-refractivity contribution in [2.45, 2.75) is 72.1 Å². The van der Waals surface area contributed by atoms with Crippen LogP contribution in [0.3, 0.4) is 0 Å². The van der Waals surface area contributed by atoms with Gasteiger partial charge < -0.3 is 19.3 Å². The zero-order valence-corrected chi connectivity index (χ0v) is 28.5. The molecule has 7 nitrogen and oxygen atoms in total. The summed E-state index contributed by atoms with van der Waals surface area (Å²) in [4.78, 5) is 22.0. The quantitative estimate of drug-likeness (QED) is 0.180. The highest BCUT2D eigenvalue weighted by Crippen LogP contribution is 2.42. The fourth-order valence-electron chi connectivity index (χ4n) is 6.39. The van der Waals surface area contributed by atoms with Gasteiger partial charge in [-0.25, -0.2) is 9.37 Å². The SMILES string of the molecule is C=C/C(=C\C(F)=C/C)C1CCC(C)(C)CC(O)c2ncc(CCN3CCN(CC(/C=C\C)=C/C(=C)OCc4ccccc4)C(=O)C3)n21. The van der Waals surface area contributed by atoms with Crippen LogP contribution in [0.4, 0.5) is 4.39 Å². The Morgan fingerprint density at radius 2 is 1.96 bits per heavy atom. The van der Waals surface area contributed by atoms with Gasteiger partial charge in [0.1, 0.15) is 30.1 Å². The van der Waals surface area contributed by atoms with E-state index < -0.39 is 6.10 Å². The third-order valence-corrected chi connectivity index (χ3v) is 9.00. The zero-order valence-electron chi connectivity index (χ0n) is 28.5. The number of allylic oxidation sites excluding steroid dienone is 7. The Morgan fingerprint density at radius 3 is 2.64 bits per heavy atom. The van der Waals surface area contributed by atoms with E-state index in [0.717, 1.165) is 41.8 Å². The molecule has 4 rings (SSSR count). The Kier molecular flexibility index (Phi) is 12.7. The highest BCUT2D eigenvalue weighted by atomic mass is 19.1. The topological polar surface area (TPSA) is 70.8 Å². The van der Waals surface area contributed by atoms with Crippen molar-refractivity contribution < 1.29 is 19.0 Å². The molecule has 252 valence electrons. The minimum Gasteiger partial charge on any atom is -0.490 e. The second kappa shape index (κ2) is 16.7. The summed E-state index contributed by atoms with van der Waals surface area (Å²) in [5, 5.41) is 11.2. The van der Waals surface area contributed by atoms with Crippen LogP contribution in [0.2, 0.25) is 0 Å². The maximum atomic E-state index is 14.5. The van der Waals surface area contributed by atoms with Crippen molar-refractivity contribution in [1.29, 1.82) is 0 Å². The van der Waals surface area contributed by atoms with E-state index in [2.05, 4.69) is 41.5 Å². The molecule has 1 amide bonds. The zero-order chi connectivity index (χ0) is 34.0. The first-order valence-electron chi connectivity index (χ1n) is 16.6. The van der Waals surface area contributed by atoms with Crippen LogP contribution in [0.5, 0.6) is 0 Å². The van der Waals surface area contributed by atoms with Gasteiger partial charge in [-0.15, -0.1) is 0 Å². The molecular weight excluding hydrogens is 591 g/mol. The number of benzene rings is 1. The summed E-state index contributed by atoms with van der Waals surface area (Å²) in [6, 6.07) is 9.74. The molecule has 0 bridgehead atoms. The molecule has 3 heterocycles. The lowest BCUT2D eigenvalue weighted by Gasteiger charge is -2.36. The van der Waals surface area contributed by atoms with E-state index >= 15 is 0 Å². The molecule has 2 unspecified atom stereocenters. The minimum atomic E-state index is -0.733. The smallest absolute Gasteiger partial charge is 0.237 e. The van der Waals surface area contributed by atoms with Crippen LogP contribution in [-0.2, 0) is 22.6 Å². The van der Waals surface area contributed by atoms with Crippen molar-refractivity contribution in [3.63, 3.8) is 0 Å². The van der Waals surface area contributed by atoms with Crippen LogP contribution in [0.15, 0.2) is 109 Å². The van der Waals surface area contributed by atoms with E-state index in [1.165, 1.54) is 12.2 Å². The van der Waals surface area contributed by atoms with Crippen LogP contribution >= 0.6 is 0 Å². The van der Waals surface area contributed by atoms with Gasteiger partial charge in [0.25, 0.3) is 0 Å². The molecule has 1 fully saturated rings. The van der Waals surface area contributed by atoms with Crippen molar-refractivity contribution in [3.05, 3.63) is 126 Å². The van der Waals surface area contributed by atoms with Crippen molar-refractivity contribution >= 4 is 5.91 Å². The lowest BCUT2D eigenvalue weighted by molar-refractivity contribution is -0.135. The number of amides is 1. The molecule has 8 heteroatoms. The number of nitrogens with zero attached hydrogens (tertiary/aromatic N) is 4. The Labute approximate surface area is 280 Å². The number of carbonyl (C=O) groups excluding carboxylic acids is 1. The molecule has 1 aromatic heterocycles. The number of halogens is 1. The average molecular weight is 643 g/mol. The second-order valence-electron chi connectivity index (χ2n) is 13.2. The fourth-order valence-corrected chi connectivity index (χ4v) is 6.39. The van der Waals surface area contributed by atoms with Gasteiger partial charge in [0, 0.05) is 44.5 Å². The molecule has 2 atom stereocenters. The van der Waals surface area contributed by atoms with Crippen LogP contribution in [-0.4, -0.2) is 63.1 Å². The molecule has 1 aromatic carbocycles. The molecular formula is C39H51FN4O3. The van der Waals surface area contributed by atoms with Gasteiger partial charge >= 0.3 is 0 Å². The Morgan fingerprint density at radius 1 is 1.19 bits per heavy atom.